The van der Waals surface area contributed by atoms with Crippen molar-refractivity contribution in [1.82, 2.24) is 24.6 Å². The number of furan rings is 1. The average molecular weight is 432 g/mol. The molecular weight excluding hydrogens is 406 g/mol. The fourth-order valence-corrected chi connectivity index (χ4v) is 4.39. The molecule has 1 aliphatic heterocycles. The molecule has 0 aromatic carbocycles. The molecule has 1 fully saturated rings. The Labute approximate surface area is 175 Å². The molecule has 4 heterocycles. The highest BCUT2D eigenvalue weighted by Crippen LogP contribution is 2.28. The lowest BCUT2D eigenvalue weighted by Gasteiger charge is -2.34. The van der Waals surface area contributed by atoms with Gasteiger partial charge in [0.25, 0.3) is 5.91 Å². The van der Waals surface area contributed by atoms with Crippen LogP contribution in [0.15, 0.2) is 28.9 Å². The number of aryl methyl sites for hydroxylation is 2. The van der Waals surface area contributed by atoms with Gasteiger partial charge in [-0.1, -0.05) is 0 Å². The van der Waals surface area contributed by atoms with Crippen LogP contribution < -0.4 is 0 Å². The van der Waals surface area contributed by atoms with Crippen LogP contribution in [-0.2, 0) is 16.9 Å². The number of hydrogen-bond donors (Lipinski definition) is 0. The van der Waals surface area contributed by atoms with Crippen LogP contribution in [0.5, 0.6) is 0 Å². The number of amides is 1. The van der Waals surface area contributed by atoms with Gasteiger partial charge in [0.15, 0.2) is 11.4 Å². The number of rotatable bonds is 5. The topological polar surface area (TPSA) is 102 Å². The van der Waals surface area contributed by atoms with Crippen molar-refractivity contribution in [2.24, 2.45) is 7.05 Å². The fourth-order valence-electron chi connectivity index (χ4n) is 3.80. The van der Waals surface area contributed by atoms with E-state index in [9.17, 15) is 13.2 Å². The molecule has 0 saturated carbocycles. The standard InChI is InChI=1S/C20H25N5O4S/c1-14-18-15(13-16(17-5-4-11-29-17)21-19(18)23(2)22-14)20(26)25-8-6-24(7-9-25)10-12-30(3,27)28/h4-5,11,13H,6-10,12H2,1-3H3. The van der Waals surface area contributed by atoms with Gasteiger partial charge < -0.3 is 9.32 Å². The van der Waals surface area contributed by atoms with Crippen molar-refractivity contribution >= 4 is 26.8 Å². The normalized spacial score (nSPS) is 15.8. The summed E-state index contributed by atoms with van der Waals surface area (Å²) in [6.07, 6.45) is 2.82. The molecule has 0 atom stereocenters. The number of carbonyl (C=O) groups excluding carboxylic acids is 1. The second-order valence-corrected chi connectivity index (χ2v) is 9.96. The van der Waals surface area contributed by atoms with Crippen LogP contribution in [0, 0.1) is 6.92 Å². The van der Waals surface area contributed by atoms with Crippen LogP contribution in [0.1, 0.15) is 16.1 Å². The van der Waals surface area contributed by atoms with Gasteiger partial charge >= 0.3 is 0 Å². The highest BCUT2D eigenvalue weighted by molar-refractivity contribution is 7.90. The van der Waals surface area contributed by atoms with E-state index >= 15 is 0 Å². The lowest BCUT2D eigenvalue weighted by molar-refractivity contribution is 0.0646. The zero-order valence-electron chi connectivity index (χ0n) is 17.3. The van der Waals surface area contributed by atoms with Crippen molar-refractivity contribution in [3.05, 3.63) is 35.7 Å². The van der Waals surface area contributed by atoms with Crippen molar-refractivity contribution in [3.63, 3.8) is 0 Å². The summed E-state index contributed by atoms with van der Waals surface area (Å²) in [6.45, 7) is 4.74. The van der Waals surface area contributed by atoms with Gasteiger partial charge in [0.1, 0.15) is 15.5 Å². The first-order chi connectivity index (χ1) is 14.2. The molecule has 0 unspecified atom stereocenters. The van der Waals surface area contributed by atoms with Gasteiger partial charge in [0, 0.05) is 46.0 Å². The highest BCUT2D eigenvalue weighted by Gasteiger charge is 2.27. The summed E-state index contributed by atoms with van der Waals surface area (Å²) in [6, 6.07) is 5.37. The molecule has 0 N–H and O–H groups in total. The summed E-state index contributed by atoms with van der Waals surface area (Å²) >= 11 is 0. The summed E-state index contributed by atoms with van der Waals surface area (Å²) in [4.78, 5) is 22.0. The van der Waals surface area contributed by atoms with E-state index in [1.54, 1.807) is 23.1 Å². The molecule has 0 radical (unpaired) electrons. The number of piperazine rings is 1. The van der Waals surface area contributed by atoms with Crippen LogP contribution in [0.4, 0.5) is 0 Å². The van der Waals surface area contributed by atoms with Crippen molar-refractivity contribution in [3.8, 4) is 11.5 Å². The predicted octanol–water partition coefficient (Wildman–Crippen LogP) is 1.34. The van der Waals surface area contributed by atoms with E-state index in [-0.39, 0.29) is 11.7 Å². The molecule has 0 bridgehead atoms. The number of hydrogen-bond acceptors (Lipinski definition) is 7. The lowest BCUT2D eigenvalue weighted by atomic mass is 10.1. The number of carbonyl (C=O) groups is 1. The molecule has 1 amide bonds. The van der Waals surface area contributed by atoms with Crippen LogP contribution in [0.25, 0.3) is 22.5 Å². The maximum atomic E-state index is 13.4. The van der Waals surface area contributed by atoms with Gasteiger partial charge in [0.05, 0.1) is 28.7 Å². The Morgan fingerprint density at radius 1 is 1.23 bits per heavy atom. The van der Waals surface area contributed by atoms with E-state index in [1.807, 2.05) is 24.9 Å². The minimum absolute atomic E-state index is 0.0749. The van der Waals surface area contributed by atoms with Gasteiger partial charge in [-0.2, -0.15) is 5.10 Å². The summed E-state index contributed by atoms with van der Waals surface area (Å²) in [7, 11) is -1.19. The Morgan fingerprint density at radius 2 is 1.97 bits per heavy atom. The van der Waals surface area contributed by atoms with Crippen molar-refractivity contribution in [2.45, 2.75) is 6.92 Å². The van der Waals surface area contributed by atoms with Crippen molar-refractivity contribution in [2.75, 3.05) is 44.7 Å². The third-order valence-electron chi connectivity index (χ3n) is 5.41. The largest absolute Gasteiger partial charge is 0.463 e. The van der Waals surface area contributed by atoms with Gasteiger partial charge in [-0.15, -0.1) is 0 Å². The maximum Gasteiger partial charge on any atom is 0.254 e. The Bertz CT molecular complexity index is 1180. The smallest absolute Gasteiger partial charge is 0.254 e. The Kier molecular flexibility index (Phi) is 5.37. The Morgan fingerprint density at radius 3 is 2.60 bits per heavy atom. The zero-order chi connectivity index (χ0) is 21.5. The molecule has 3 aromatic heterocycles. The van der Waals surface area contributed by atoms with E-state index in [4.69, 9.17) is 4.42 Å². The number of sulfone groups is 1. The van der Waals surface area contributed by atoms with Gasteiger partial charge in [-0.25, -0.2) is 13.4 Å². The molecule has 9 nitrogen and oxygen atoms in total. The Hall–Kier alpha value is -2.72. The summed E-state index contributed by atoms with van der Waals surface area (Å²) < 4.78 is 30.0. The minimum atomic E-state index is -3.00. The molecular formula is C20H25N5O4S. The average Bonchev–Trinajstić information content (AvgIpc) is 3.34. The SMILES string of the molecule is Cc1nn(C)c2nc(-c3ccco3)cc(C(=O)N3CCN(CCS(C)(=O)=O)CC3)c12. The van der Waals surface area contributed by atoms with Gasteiger partial charge in [-0.05, 0) is 25.1 Å². The predicted molar refractivity (Wildman–Crippen MR) is 113 cm³/mol. The van der Waals surface area contributed by atoms with Gasteiger partial charge in [-0.3, -0.25) is 14.4 Å². The first kappa shape index (κ1) is 20.5. The van der Waals surface area contributed by atoms with Crippen molar-refractivity contribution in [1.29, 1.82) is 0 Å². The molecule has 10 heteroatoms. The van der Waals surface area contributed by atoms with Crippen LogP contribution in [0.3, 0.4) is 0 Å². The lowest BCUT2D eigenvalue weighted by Crippen LogP contribution is -2.49. The van der Waals surface area contributed by atoms with Crippen molar-refractivity contribution < 1.29 is 17.6 Å². The van der Waals surface area contributed by atoms with E-state index in [0.29, 0.717) is 55.4 Å². The van der Waals surface area contributed by atoms with Crippen LogP contribution >= 0.6 is 0 Å². The van der Waals surface area contributed by atoms with E-state index in [0.717, 1.165) is 11.1 Å². The van der Waals surface area contributed by atoms with Gasteiger partial charge in [0.2, 0.25) is 0 Å². The molecule has 1 saturated heterocycles. The minimum Gasteiger partial charge on any atom is -0.463 e. The molecule has 160 valence electrons. The molecule has 3 aromatic rings. The number of nitrogens with zero attached hydrogens (tertiary/aromatic N) is 5. The van der Waals surface area contributed by atoms with E-state index < -0.39 is 9.84 Å². The fraction of sp³-hybridized carbons (Fsp3) is 0.450. The third kappa shape index (κ3) is 4.10. The monoisotopic (exact) mass is 431 g/mol. The van der Waals surface area contributed by atoms with Crippen LogP contribution in [0.2, 0.25) is 0 Å². The molecule has 0 aliphatic carbocycles. The second-order valence-electron chi connectivity index (χ2n) is 7.70. The Balaban J connectivity index is 1.60. The highest BCUT2D eigenvalue weighted by atomic mass is 32.2. The first-order valence-electron chi connectivity index (χ1n) is 9.80. The molecule has 0 spiro atoms. The molecule has 4 rings (SSSR count). The first-order valence-corrected chi connectivity index (χ1v) is 11.9. The molecule has 30 heavy (non-hydrogen) atoms. The molecule has 1 aliphatic rings. The maximum absolute atomic E-state index is 13.4. The summed E-state index contributed by atoms with van der Waals surface area (Å²) in [5, 5.41) is 5.20. The number of pyridine rings is 1. The van der Waals surface area contributed by atoms with E-state index in [1.165, 1.54) is 6.26 Å². The van der Waals surface area contributed by atoms with E-state index in [2.05, 4.69) is 15.0 Å². The second kappa shape index (κ2) is 7.84. The number of aromatic nitrogens is 3. The third-order valence-corrected chi connectivity index (χ3v) is 6.33. The summed E-state index contributed by atoms with van der Waals surface area (Å²) in [5.74, 6) is 0.650. The quantitative estimate of drug-likeness (QED) is 0.601. The zero-order valence-corrected chi connectivity index (χ0v) is 18.1. The summed E-state index contributed by atoms with van der Waals surface area (Å²) in [5.41, 5.74) is 2.53. The number of fused-ring (bicyclic) bond motifs is 1. The van der Waals surface area contributed by atoms with Crippen LogP contribution in [-0.4, -0.2) is 83.6 Å².